The summed E-state index contributed by atoms with van der Waals surface area (Å²) >= 11 is 0. The van der Waals surface area contributed by atoms with Crippen molar-refractivity contribution in [3.05, 3.63) is 47.3 Å². The van der Waals surface area contributed by atoms with Crippen LogP contribution in [0.4, 0.5) is 0 Å². The number of likely N-dealkylation sites (tertiary alicyclic amines) is 1. The second-order valence-electron chi connectivity index (χ2n) is 6.38. The Morgan fingerprint density at radius 2 is 2.35 bits per heavy atom. The van der Waals surface area contributed by atoms with E-state index in [1.807, 2.05) is 34.7 Å². The van der Waals surface area contributed by atoms with Gasteiger partial charge in [0.05, 0.1) is 37.1 Å². The van der Waals surface area contributed by atoms with E-state index in [0.717, 1.165) is 24.2 Å². The summed E-state index contributed by atoms with van der Waals surface area (Å²) in [5, 5.41) is 8.15. The van der Waals surface area contributed by atoms with E-state index < -0.39 is 0 Å². The predicted octanol–water partition coefficient (Wildman–Crippen LogP) is 1.50. The molecule has 0 N–H and O–H groups in total. The molecule has 1 saturated heterocycles. The molecule has 1 aromatic heterocycles. The van der Waals surface area contributed by atoms with Crippen LogP contribution in [0.5, 0.6) is 0 Å². The molecule has 0 aliphatic carbocycles. The monoisotopic (exact) mass is 312 g/mol. The fourth-order valence-corrected chi connectivity index (χ4v) is 3.51. The standard InChI is InChI=1S/C17H20N4O2/c1-12-3-2-4-13(7-12)8-17(22)20-6-5-16-15(10-20)21-14(11-23-16)9-18-19-21/h2-4,7,9,15-16H,5-6,8,10-11H2,1H3/t15-,16-/m1/s1. The maximum absolute atomic E-state index is 12.6. The van der Waals surface area contributed by atoms with Gasteiger partial charge in [-0.05, 0) is 18.9 Å². The van der Waals surface area contributed by atoms with E-state index >= 15 is 0 Å². The van der Waals surface area contributed by atoms with Crippen LogP contribution in [0.2, 0.25) is 0 Å². The molecule has 120 valence electrons. The predicted molar refractivity (Wildman–Crippen MR) is 83.7 cm³/mol. The minimum atomic E-state index is 0.0801. The van der Waals surface area contributed by atoms with Crippen LogP contribution in [-0.4, -0.2) is 45.0 Å². The molecule has 2 atom stereocenters. The number of aromatic nitrogens is 3. The summed E-state index contributed by atoms with van der Waals surface area (Å²) < 4.78 is 7.82. The molecular formula is C17H20N4O2. The Balaban J connectivity index is 1.48. The first-order chi connectivity index (χ1) is 11.2. The minimum absolute atomic E-state index is 0.0801. The van der Waals surface area contributed by atoms with Gasteiger partial charge in [-0.25, -0.2) is 4.68 Å². The number of nitrogens with zero attached hydrogens (tertiary/aromatic N) is 4. The highest BCUT2D eigenvalue weighted by Crippen LogP contribution is 2.30. The average Bonchev–Trinajstić information content (AvgIpc) is 3.03. The normalized spacial score (nSPS) is 23.3. The largest absolute Gasteiger partial charge is 0.370 e. The smallest absolute Gasteiger partial charge is 0.227 e. The number of hydrogen-bond acceptors (Lipinski definition) is 4. The summed E-state index contributed by atoms with van der Waals surface area (Å²) in [5.74, 6) is 0.168. The van der Waals surface area contributed by atoms with Gasteiger partial charge in [0.15, 0.2) is 0 Å². The Bertz CT molecular complexity index is 727. The van der Waals surface area contributed by atoms with E-state index in [9.17, 15) is 4.79 Å². The van der Waals surface area contributed by atoms with Crippen molar-refractivity contribution >= 4 is 5.91 Å². The summed E-state index contributed by atoms with van der Waals surface area (Å²) in [7, 11) is 0. The molecule has 1 aromatic carbocycles. The number of benzene rings is 1. The van der Waals surface area contributed by atoms with Gasteiger partial charge in [0.1, 0.15) is 0 Å². The Morgan fingerprint density at radius 1 is 1.43 bits per heavy atom. The first-order valence-corrected chi connectivity index (χ1v) is 8.05. The summed E-state index contributed by atoms with van der Waals surface area (Å²) in [4.78, 5) is 14.6. The Labute approximate surface area is 135 Å². The van der Waals surface area contributed by atoms with Gasteiger partial charge in [-0.2, -0.15) is 0 Å². The third-order valence-electron chi connectivity index (χ3n) is 4.72. The number of piperidine rings is 1. The van der Waals surface area contributed by atoms with E-state index in [4.69, 9.17) is 4.74 Å². The van der Waals surface area contributed by atoms with E-state index in [2.05, 4.69) is 16.4 Å². The van der Waals surface area contributed by atoms with Crippen LogP contribution in [0.3, 0.4) is 0 Å². The number of amides is 1. The molecule has 1 fully saturated rings. The summed E-state index contributed by atoms with van der Waals surface area (Å²) in [6.07, 6.45) is 3.17. The van der Waals surface area contributed by atoms with Crippen molar-refractivity contribution < 1.29 is 9.53 Å². The maximum atomic E-state index is 12.6. The van der Waals surface area contributed by atoms with Crippen LogP contribution in [0.25, 0.3) is 0 Å². The highest BCUT2D eigenvalue weighted by Gasteiger charge is 2.37. The summed E-state index contributed by atoms with van der Waals surface area (Å²) in [5.41, 5.74) is 3.24. The van der Waals surface area contributed by atoms with Crippen LogP contribution in [0.1, 0.15) is 29.3 Å². The van der Waals surface area contributed by atoms with Crippen molar-refractivity contribution in [2.24, 2.45) is 0 Å². The van der Waals surface area contributed by atoms with Gasteiger partial charge in [0, 0.05) is 13.1 Å². The summed E-state index contributed by atoms with van der Waals surface area (Å²) in [6.45, 7) is 4.00. The molecule has 0 saturated carbocycles. The highest BCUT2D eigenvalue weighted by atomic mass is 16.5. The van der Waals surface area contributed by atoms with Crippen molar-refractivity contribution in [1.82, 2.24) is 19.9 Å². The van der Waals surface area contributed by atoms with Crippen molar-refractivity contribution in [3.63, 3.8) is 0 Å². The number of ether oxygens (including phenoxy) is 1. The van der Waals surface area contributed by atoms with Crippen molar-refractivity contribution in [2.75, 3.05) is 13.1 Å². The number of hydrogen-bond donors (Lipinski definition) is 0. The number of aryl methyl sites for hydroxylation is 1. The van der Waals surface area contributed by atoms with E-state index in [0.29, 0.717) is 19.6 Å². The molecule has 2 aliphatic rings. The molecule has 2 aliphatic heterocycles. The van der Waals surface area contributed by atoms with Gasteiger partial charge in [0.2, 0.25) is 5.91 Å². The van der Waals surface area contributed by atoms with Gasteiger partial charge in [-0.1, -0.05) is 35.0 Å². The van der Waals surface area contributed by atoms with E-state index in [1.165, 1.54) is 5.56 Å². The lowest BCUT2D eigenvalue weighted by atomic mass is 9.99. The van der Waals surface area contributed by atoms with Gasteiger partial charge in [-0.15, -0.1) is 5.10 Å². The van der Waals surface area contributed by atoms with Crippen LogP contribution in [0.15, 0.2) is 30.5 Å². The van der Waals surface area contributed by atoms with Crippen molar-refractivity contribution in [3.8, 4) is 0 Å². The lowest BCUT2D eigenvalue weighted by Crippen LogP contribution is -2.50. The van der Waals surface area contributed by atoms with Crippen LogP contribution in [0, 0.1) is 6.92 Å². The molecule has 6 heteroatoms. The van der Waals surface area contributed by atoms with Crippen LogP contribution in [-0.2, 0) is 22.6 Å². The lowest BCUT2D eigenvalue weighted by Gasteiger charge is -2.41. The fourth-order valence-electron chi connectivity index (χ4n) is 3.51. The van der Waals surface area contributed by atoms with Gasteiger partial charge in [0.25, 0.3) is 0 Å². The molecular weight excluding hydrogens is 292 g/mol. The SMILES string of the molecule is Cc1cccc(CC(=O)N2CC[C@H]3OCc4cnnn4[C@@H]3C2)c1. The first-order valence-electron chi connectivity index (χ1n) is 8.05. The third kappa shape index (κ3) is 2.74. The maximum Gasteiger partial charge on any atom is 0.227 e. The van der Waals surface area contributed by atoms with E-state index in [-0.39, 0.29) is 18.1 Å². The van der Waals surface area contributed by atoms with Gasteiger partial charge in [-0.3, -0.25) is 4.79 Å². The minimum Gasteiger partial charge on any atom is -0.370 e. The Hall–Kier alpha value is -2.21. The fraction of sp³-hybridized carbons (Fsp3) is 0.471. The zero-order valence-electron chi connectivity index (χ0n) is 13.2. The average molecular weight is 312 g/mol. The molecule has 0 bridgehead atoms. The van der Waals surface area contributed by atoms with E-state index in [1.54, 1.807) is 6.20 Å². The Kier molecular flexibility index (Phi) is 3.61. The zero-order valence-corrected chi connectivity index (χ0v) is 13.2. The molecule has 0 radical (unpaired) electrons. The molecule has 0 spiro atoms. The van der Waals surface area contributed by atoms with Crippen molar-refractivity contribution in [2.45, 2.75) is 38.5 Å². The van der Waals surface area contributed by atoms with Gasteiger partial charge >= 0.3 is 0 Å². The van der Waals surface area contributed by atoms with Gasteiger partial charge < -0.3 is 9.64 Å². The summed E-state index contributed by atoms with van der Waals surface area (Å²) in [6, 6.07) is 8.21. The third-order valence-corrected chi connectivity index (χ3v) is 4.72. The second kappa shape index (κ2) is 5.77. The number of fused-ring (bicyclic) bond motifs is 3. The quantitative estimate of drug-likeness (QED) is 0.843. The molecule has 6 nitrogen and oxygen atoms in total. The lowest BCUT2D eigenvalue weighted by molar-refractivity contribution is -0.137. The number of carbonyl (C=O) groups is 1. The highest BCUT2D eigenvalue weighted by molar-refractivity contribution is 5.79. The molecule has 4 rings (SSSR count). The van der Waals surface area contributed by atoms with Crippen LogP contribution < -0.4 is 0 Å². The molecule has 1 amide bonds. The Morgan fingerprint density at radius 3 is 3.22 bits per heavy atom. The molecule has 2 aromatic rings. The van der Waals surface area contributed by atoms with Crippen molar-refractivity contribution in [1.29, 1.82) is 0 Å². The van der Waals surface area contributed by atoms with Crippen LogP contribution >= 0.6 is 0 Å². The molecule has 3 heterocycles. The molecule has 23 heavy (non-hydrogen) atoms. The first kappa shape index (κ1) is 14.4. The molecule has 0 unspecified atom stereocenters. The topological polar surface area (TPSA) is 60.3 Å². The number of carbonyl (C=O) groups excluding carboxylic acids is 1. The zero-order chi connectivity index (χ0) is 15.8. The second-order valence-corrected chi connectivity index (χ2v) is 6.38. The number of rotatable bonds is 2.